The lowest BCUT2D eigenvalue weighted by Crippen LogP contribution is -2.13. The van der Waals surface area contributed by atoms with Crippen LogP contribution in [0.25, 0.3) is 0 Å². The van der Waals surface area contributed by atoms with E-state index in [1.165, 1.54) is 6.19 Å². The summed E-state index contributed by atoms with van der Waals surface area (Å²) in [5.74, 6) is -0.404. The molecule has 0 heterocycles. The quantitative estimate of drug-likeness (QED) is 0.337. The summed E-state index contributed by atoms with van der Waals surface area (Å²) < 4.78 is 0. The first-order chi connectivity index (χ1) is 4.31. The number of hydrogen-bond acceptors (Lipinski definition) is 4. The number of nitrogens with zero attached hydrogens (tertiary/aromatic N) is 1. The van der Waals surface area contributed by atoms with Gasteiger partial charge < -0.3 is 4.84 Å². The largest absolute Gasteiger partial charge is 0.334 e. The van der Waals surface area contributed by atoms with E-state index in [9.17, 15) is 4.79 Å². The highest BCUT2D eigenvalue weighted by Gasteiger charge is 1.97. The lowest BCUT2D eigenvalue weighted by molar-refractivity contribution is -0.148. The number of carbonyl (C=O) groups excluding carboxylic acids is 1. The van der Waals surface area contributed by atoms with Crippen LogP contribution in [0.1, 0.15) is 19.8 Å². The van der Waals surface area contributed by atoms with Gasteiger partial charge in [-0.15, -0.1) is 0 Å². The number of hydrogen-bond donors (Lipinski definition) is 1. The molecular weight excluding hydrogens is 120 g/mol. The van der Waals surface area contributed by atoms with Gasteiger partial charge in [0.1, 0.15) is 0 Å². The lowest BCUT2D eigenvalue weighted by atomic mass is 10.3. The second-order valence-corrected chi connectivity index (χ2v) is 1.44. The van der Waals surface area contributed by atoms with Gasteiger partial charge in [-0.25, -0.2) is 4.79 Å². The summed E-state index contributed by atoms with van der Waals surface area (Å²) in [6.45, 7) is 1.85. The van der Waals surface area contributed by atoms with Crippen LogP contribution in [0.3, 0.4) is 0 Å². The Bertz CT molecular complexity index is 127. The second-order valence-electron chi connectivity index (χ2n) is 1.44. The monoisotopic (exact) mass is 128 g/mol. The van der Waals surface area contributed by atoms with Crippen LogP contribution in [0.4, 0.5) is 0 Å². The number of nitriles is 1. The maximum atomic E-state index is 10.4. The molecule has 0 amide bonds. The Labute approximate surface area is 53.4 Å². The summed E-state index contributed by atoms with van der Waals surface area (Å²) in [6, 6.07) is 0. The summed E-state index contributed by atoms with van der Waals surface area (Å²) in [5, 5.41) is 7.85. The Morgan fingerprint density at radius 3 is 3.00 bits per heavy atom. The zero-order valence-electron chi connectivity index (χ0n) is 5.18. The molecule has 0 aliphatic rings. The maximum Gasteiger partial charge on any atom is 0.333 e. The second kappa shape index (κ2) is 4.91. The van der Waals surface area contributed by atoms with Crippen LogP contribution in [-0.4, -0.2) is 5.97 Å². The van der Waals surface area contributed by atoms with Crippen molar-refractivity contribution in [1.82, 2.24) is 5.48 Å². The SMILES string of the molecule is CCCC(=O)ONC#N. The summed E-state index contributed by atoms with van der Waals surface area (Å²) in [4.78, 5) is 14.5. The molecule has 0 saturated carbocycles. The number of hydroxylamine groups is 1. The first-order valence-corrected chi connectivity index (χ1v) is 2.65. The molecule has 0 bridgehead atoms. The average Bonchev–Trinajstić information content (AvgIpc) is 1.85. The maximum absolute atomic E-state index is 10.4. The molecule has 0 aliphatic carbocycles. The summed E-state index contributed by atoms with van der Waals surface area (Å²) >= 11 is 0. The molecule has 0 fully saturated rings. The Balaban J connectivity index is 3.19. The Hall–Kier alpha value is -1.24. The average molecular weight is 128 g/mol. The van der Waals surface area contributed by atoms with E-state index in [1.807, 2.05) is 6.92 Å². The van der Waals surface area contributed by atoms with Crippen molar-refractivity contribution in [3.05, 3.63) is 0 Å². The molecule has 0 spiro atoms. The zero-order chi connectivity index (χ0) is 7.11. The standard InChI is InChI=1S/C5H8N2O2/c1-2-3-5(8)9-7-4-6/h7H,2-3H2,1H3. The summed E-state index contributed by atoms with van der Waals surface area (Å²) in [5.41, 5.74) is 1.79. The Kier molecular flexibility index (Phi) is 4.23. The molecule has 0 atom stereocenters. The molecule has 0 radical (unpaired) electrons. The van der Waals surface area contributed by atoms with E-state index in [0.29, 0.717) is 6.42 Å². The van der Waals surface area contributed by atoms with Gasteiger partial charge >= 0.3 is 5.97 Å². The molecule has 0 aromatic rings. The molecule has 0 saturated heterocycles. The van der Waals surface area contributed by atoms with Gasteiger partial charge in [-0.2, -0.15) is 10.7 Å². The van der Waals surface area contributed by atoms with Crippen molar-refractivity contribution in [3.8, 4) is 6.19 Å². The van der Waals surface area contributed by atoms with Crippen LogP contribution in [0.15, 0.2) is 0 Å². The molecule has 0 rings (SSSR count). The van der Waals surface area contributed by atoms with Crippen molar-refractivity contribution in [2.75, 3.05) is 0 Å². The van der Waals surface area contributed by atoms with Gasteiger partial charge in [0.15, 0.2) is 0 Å². The van der Waals surface area contributed by atoms with E-state index in [2.05, 4.69) is 4.84 Å². The highest BCUT2D eigenvalue weighted by molar-refractivity contribution is 5.68. The molecule has 9 heavy (non-hydrogen) atoms. The molecule has 1 N–H and O–H groups in total. The Morgan fingerprint density at radius 1 is 1.89 bits per heavy atom. The molecule has 0 unspecified atom stereocenters. The fourth-order valence-corrected chi connectivity index (χ4v) is 0.335. The van der Waals surface area contributed by atoms with Gasteiger partial charge in [0.2, 0.25) is 6.19 Å². The lowest BCUT2D eigenvalue weighted by Gasteiger charge is -1.95. The van der Waals surface area contributed by atoms with Crippen molar-refractivity contribution in [1.29, 1.82) is 5.26 Å². The molecule has 50 valence electrons. The minimum Gasteiger partial charge on any atom is -0.334 e. The van der Waals surface area contributed by atoms with E-state index < -0.39 is 5.97 Å². The van der Waals surface area contributed by atoms with Crippen LogP contribution in [0, 0.1) is 11.5 Å². The van der Waals surface area contributed by atoms with Crippen LogP contribution >= 0.6 is 0 Å². The van der Waals surface area contributed by atoms with Gasteiger partial charge in [0, 0.05) is 6.42 Å². The molecule has 0 aliphatic heterocycles. The van der Waals surface area contributed by atoms with E-state index in [4.69, 9.17) is 5.26 Å². The molecular formula is C5H8N2O2. The van der Waals surface area contributed by atoms with Crippen molar-refractivity contribution in [3.63, 3.8) is 0 Å². The van der Waals surface area contributed by atoms with E-state index in [0.717, 1.165) is 6.42 Å². The fourth-order valence-electron chi connectivity index (χ4n) is 0.335. The first-order valence-electron chi connectivity index (χ1n) is 2.65. The zero-order valence-corrected chi connectivity index (χ0v) is 5.18. The minimum absolute atomic E-state index is 0.342. The third kappa shape index (κ3) is 4.62. The topological polar surface area (TPSA) is 62.1 Å². The predicted molar refractivity (Wildman–Crippen MR) is 29.7 cm³/mol. The van der Waals surface area contributed by atoms with Crippen LogP contribution in [-0.2, 0) is 9.63 Å². The van der Waals surface area contributed by atoms with Crippen LogP contribution < -0.4 is 5.48 Å². The normalized spacial score (nSPS) is 7.56. The van der Waals surface area contributed by atoms with Crippen molar-refractivity contribution in [2.45, 2.75) is 19.8 Å². The van der Waals surface area contributed by atoms with E-state index in [-0.39, 0.29) is 0 Å². The van der Waals surface area contributed by atoms with Crippen LogP contribution in [0.5, 0.6) is 0 Å². The van der Waals surface area contributed by atoms with Gasteiger partial charge in [-0.05, 0) is 6.42 Å². The van der Waals surface area contributed by atoms with Gasteiger partial charge in [-0.1, -0.05) is 6.92 Å². The number of rotatable bonds is 3. The molecule has 0 aromatic heterocycles. The van der Waals surface area contributed by atoms with Gasteiger partial charge in [0.25, 0.3) is 0 Å². The molecule has 0 aromatic carbocycles. The van der Waals surface area contributed by atoms with Crippen molar-refractivity contribution in [2.24, 2.45) is 0 Å². The fraction of sp³-hybridized carbons (Fsp3) is 0.600. The Morgan fingerprint density at radius 2 is 2.56 bits per heavy atom. The van der Waals surface area contributed by atoms with E-state index in [1.54, 1.807) is 5.48 Å². The summed E-state index contributed by atoms with van der Waals surface area (Å²) in [6.07, 6.45) is 2.53. The van der Waals surface area contributed by atoms with Crippen LogP contribution in [0.2, 0.25) is 0 Å². The predicted octanol–water partition coefficient (Wildman–Crippen LogP) is 0.315. The minimum atomic E-state index is -0.404. The molecule has 4 heteroatoms. The smallest absolute Gasteiger partial charge is 0.333 e. The number of nitrogens with one attached hydrogen (secondary N) is 1. The van der Waals surface area contributed by atoms with E-state index >= 15 is 0 Å². The first kappa shape index (κ1) is 7.76. The highest BCUT2D eigenvalue weighted by atomic mass is 16.7. The van der Waals surface area contributed by atoms with Gasteiger partial charge in [-0.3, -0.25) is 0 Å². The number of carbonyl (C=O) groups is 1. The van der Waals surface area contributed by atoms with Gasteiger partial charge in [0.05, 0.1) is 0 Å². The summed E-state index contributed by atoms with van der Waals surface area (Å²) in [7, 11) is 0. The third-order valence-electron chi connectivity index (χ3n) is 0.665. The van der Waals surface area contributed by atoms with Crippen molar-refractivity contribution >= 4 is 5.97 Å². The third-order valence-corrected chi connectivity index (χ3v) is 0.665. The highest BCUT2D eigenvalue weighted by Crippen LogP contribution is 1.87. The molecule has 4 nitrogen and oxygen atoms in total. The van der Waals surface area contributed by atoms with Crippen molar-refractivity contribution < 1.29 is 9.63 Å².